The molecule has 1 aliphatic heterocycles. The van der Waals surface area contributed by atoms with E-state index in [1.54, 1.807) is 0 Å². The van der Waals surface area contributed by atoms with Gasteiger partial charge < -0.3 is 10.6 Å². The smallest absolute Gasteiger partial charge is 0.130 e. The van der Waals surface area contributed by atoms with Gasteiger partial charge in [0.05, 0.1) is 0 Å². The molecule has 0 aliphatic carbocycles. The molecule has 1 fully saturated rings. The van der Waals surface area contributed by atoms with Crippen molar-refractivity contribution in [1.82, 2.24) is 10.6 Å². The lowest BCUT2D eigenvalue weighted by Crippen LogP contribution is -2.61. The fourth-order valence-electron chi connectivity index (χ4n) is 3.39. The first kappa shape index (κ1) is 15.4. The van der Waals surface area contributed by atoms with Crippen LogP contribution in [0.2, 0.25) is 0 Å². The van der Waals surface area contributed by atoms with Crippen molar-refractivity contribution in [2.45, 2.75) is 64.2 Å². The van der Waals surface area contributed by atoms with Crippen molar-refractivity contribution < 1.29 is 8.78 Å². The molecule has 0 aromatic heterocycles. The SMILES string of the molecule is CC1(C)CC(NCc2ccc(F)cc2F)CC(C)(C)N1. The van der Waals surface area contributed by atoms with Gasteiger partial charge in [0.1, 0.15) is 11.6 Å². The lowest BCUT2D eigenvalue weighted by molar-refractivity contribution is 0.145. The third kappa shape index (κ3) is 4.00. The lowest BCUT2D eigenvalue weighted by atomic mass is 9.79. The first-order valence-electron chi connectivity index (χ1n) is 7.14. The first-order chi connectivity index (χ1) is 9.17. The van der Waals surface area contributed by atoms with Crippen LogP contribution in [0.1, 0.15) is 46.1 Å². The number of benzene rings is 1. The predicted molar refractivity (Wildman–Crippen MR) is 77.5 cm³/mol. The number of nitrogens with one attached hydrogen (secondary N) is 2. The molecule has 112 valence electrons. The van der Waals surface area contributed by atoms with E-state index < -0.39 is 11.6 Å². The number of rotatable bonds is 3. The minimum absolute atomic E-state index is 0.0563. The highest BCUT2D eigenvalue weighted by Crippen LogP contribution is 2.28. The van der Waals surface area contributed by atoms with E-state index in [1.165, 1.54) is 12.1 Å². The molecule has 1 aromatic carbocycles. The number of piperidine rings is 1. The van der Waals surface area contributed by atoms with Gasteiger partial charge in [0.25, 0.3) is 0 Å². The van der Waals surface area contributed by atoms with Crippen LogP contribution in [0, 0.1) is 11.6 Å². The van der Waals surface area contributed by atoms with Crippen LogP contribution in [-0.2, 0) is 6.54 Å². The standard InChI is InChI=1S/C16H24F2N2/c1-15(2)8-13(9-16(3,4)20-15)19-10-11-5-6-12(17)7-14(11)18/h5-7,13,19-20H,8-10H2,1-4H3. The van der Waals surface area contributed by atoms with Crippen LogP contribution in [0.3, 0.4) is 0 Å². The van der Waals surface area contributed by atoms with Crippen LogP contribution in [-0.4, -0.2) is 17.1 Å². The van der Waals surface area contributed by atoms with Gasteiger partial charge in [-0.2, -0.15) is 0 Å². The Morgan fingerprint density at radius 3 is 2.30 bits per heavy atom. The maximum atomic E-state index is 13.6. The zero-order chi connectivity index (χ0) is 15.0. The molecular weight excluding hydrogens is 258 g/mol. The van der Waals surface area contributed by atoms with E-state index in [0.717, 1.165) is 18.9 Å². The van der Waals surface area contributed by atoms with Crippen molar-refractivity contribution in [1.29, 1.82) is 0 Å². The fourth-order valence-corrected chi connectivity index (χ4v) is 3.39. The van der Waals surface area contributed by atoms with Crippen molar-refractivity contribution in [2.75, 3.05) is 0 Å². The molecule has 2 rings (SSSR count). The Hall–Kier alpha value is -1.00. The van der Waals surface area contributed by atoms with Crippen molar-refractivity contribution in [3.8, 4) is 0 Å². The van der Waals surface area contributed by atoms with Crippen LogP contribution in [0.25, 0.3) is 0 Å². The van der Waals surface area contributed by atoms with E-state index >= 15 is 0 Å². The quantitative estimate of drug-likeness (QED) is 0.888. The van der Waals surface area contributed by atoms with Crippen LogP contribution in [0.5, 0.6) is 0 Å². The van der Waals surface area contributed by atoms with E-state index in [4.69, 9.17) is 0 Å². The second kappa shape index (κ2) is 5.41. The Morgan fingerprint density at radius 2 is 1.75 bits per heavy atom. The first-order valence-corrected chi connectivity index (χ1v) is 7.14. The molecule has 0 unspecified atom stereocenters. The molecule has 4 heteroatoms. The van der Waals surface area contributed by atoms with Crippen molar-refractivity contribution in [3.05, 3.63) is 35.4 Å². The summed E-state index contributed by atoms with van der Waals surface area (Å²) in [6.07, 6.45) is 1.97. The van der Waals surface area contributed by atoms with E-state index in [0.29, 0.717) is 18.2 Å². The maximum Gasteiger partial charge on any atom is 0.130 e. The highest BCUT2D eigenvalue weighted by atomic mass is 19.1. The number of halogens is 2. The number of hydrogen-bond acceptors (Lipinski definition) is 2. The Balaban J connectivity index is 2.00. The second-order valence-electron chi connectivity index (χ2n) is 7.11. The molecule has 1 heterocycles. The zero-order valence-corrected chi connectivity index (χ0v) is 12.7. The normalized spacial score (nSPS) is 21.9. The molecule has 0 atom stereocenters. The third-order valence-corrected chi connectivity index (χ3v) is 3.79. The average Bonchev–Trinajstić information content (AvgIpc) is 2.23. The Kier molecular flexibility index (Phi) is 4.17. The molecule has 0 saturated carbocycles. The van der Waals surface area contributed by atoms with Crippen molar-refractivity contribution in [2.24, 2.45) is 0 Å². The van der Waals surface area contributed by atoms with Gasteiger partial charge in [-0.15, -0.1) is 0 Å². The van der Waals surface area contributed by atoms with E-state index in [1.807, 2.05) is 0 Å². The van der Waals surface area contributed by atoms with Gasteiger partial charge >= 0.3 is 0 Å². The third-order valence-electron chi connectivity index (χ3n) is 3.79. The van der Waals surface area contributed by atoms with Crippen LogP contribution in [0.4, 0.5) is 8.78 Å². The molecule has 1 aromatic rings. The summed E-state index contributed by atoms with van der Waals surface area (Å²) < 4.78 is 26.5. The van der Waals surface area contributed by atoms with Crippen molar-refractivity contribution in [3.63, 3.8) is 0 Å². The minimum Gasteiger partial charge on any atom is -0.310 e. The maximum absolute atomic E-state index is 13.6. The van der Waals surface area contributed by atoms with Gasteiger partial charge in [-0.1, -0.05) is 6.07 Å². The summed E-state index contributed by atoms with van der Waals surface area (Å²) in [6, 6.07) is 4.07. The summed E-state index contributed by atoms with van der Waals surface area (Å²) in [5.41, 5.74) is 0.627. The topological polar surface area (TPSA) is 24.1 Å². The predicted octanol–water partition coefficient (Wildman–Crippen LogP) is 3.36. The van der Waals surface area contributed by atoms with Crippen molar-refractivity contribution >= 4 is 0 Å². The van der Waals surface area contributed by atoms with Gasteiger partial charge in [0.15, 0.2) is 0 Å². The van der Waals surface area contributed by atoms with E-state index in [2.05, 4.69) is 38.3 Å². The molecule has 0 radical (unpaired) electrons. The molecular formula is C16H24F2N2. The molecule has 0 bridgehead atoms. The summed E-state index contributed by atoms with van der Waals surface area (Å²) in [6.45, 7) is 9.16. The van der Waals surface area contributed by atoms with Gasteiger partial charge in [0.2, 0.25) is 0 Å². The number of hydrogen-bond donors (Lipinski definition) is 2. The summed E-state index contributed by atoms with van der Waals surface area (Å²) in [7, 11) is 0. The highest BCUT2D eigenvalue weighted by molar-refractivity contribution is 5.18. The monoisotopic (exact) mass is 282 g/mol. The van der Waals surface area contributed by atoms with Crippen LogP contribution in [0.15, 0.2) is 18.2 Å². The van der Waals surface area contributed by atoms with Gasteiger partial charge in [-0.05, 0) is 46.6 Å². The summed E-state index contributed by atoms with van der Waals surface area (Å²) in [5.74, 6) is -1.01. The zero-order valence-electron chi connectivity index (χ0n) is 12.7. The summed E-state index contributed by atoms with van der Waals surface area (Å²) in [5, 5.41) is 7.02. The second-order valence-corrected chi connectivity index (χ2v) is 7.11. The van der Waals surface area contributed by atoms with Gasteiger partial charge in [-0.25, -0.2) is 8.78 Å². The fraction of sp³-hybridized carbons (Fsp3) is 0.625. The molecule has 0 spiro atoms. The highest BCUT2D eigenvalue weighted by Gasteiger charge is 2.37. The molecule has 2 N–H and O–H groups in total. The molecule has 2 nitrogen and oxygen atoms in total. The Morgan fingerprint density at radius 1 is 1.15 bits per heavy atom. The van der Waals surface area contributed by atoms with Crippen LogP contribution >= 0.6 is 0 Å². The van der Waals surface area contributed by atoms with Crippen LogP contribution < -0.4 is 10.6 Å². The summed E-state index contributed by atoms with van der Waals surface area (Å²) in [4.78, 5) is 0. The van der Waals surface area contributed by atoms with Gasteiger partial charge in [-0.3, -0.25) is 0 Å². The molecule has 20 heavy (non-hydrogen) atoms. The van der Waals surface area contributed by atoms with E-state index in [9.17, 15) is 8.78 Å². The average molecular weight is 282 g/mol. The molecule has 1 saturated heterocycles. The Bertz CT molecular complexity index is 467. The minimum atomic E-state index is -0.532. The largest absolute Gasteiger partial charge is 0.310 e. The van der Waals surface area contributed by atoms with Gasteiger partial charge in [0, 0.05) is 35.3 Å². The molecule has 0 amide bonds. The lowest BCUT2D eigenvalue weighted by Gasteiger charge is -2.46. The molecule has 1 aliphatic rings. The Labute approximate surface area is 120 Å². The summed E-state index contributed by atoms with van der Waals surface area (Å²) >= 11 is 0. The van der Waals surface area contributed by atoms with E-state index in [-0.39, 0.29) is 11.1 Å².